The summed E-state index contributed by atoms with van der Waals surface area (Å²) in [5.41, 5.74) is 2.56. The summed E-state index contributed by atoms with van der Waals surface area (Å²) in [6.45, 7) is 5.85. The number of ether oxygens (including phenoxy) is 1. The van der Waals surface area contributed by atoms with E-state index in [-0.39, 0.29) is 0 Å². The number of methoxy groups -OCH3 is 1. The van der Waals surface area contributed by atoms with Crippen molar-refractivity contribution in [3.8, 4) is 22.6 Å². The maximum atomic E-state index is 14.7. The highest BCUT2D eigenvalue weighted by molar-refractivity contribution is 7.89. The molecule has 3 heterocycles. The fraction of sp³-hybridized carbons (Fsp3) is 0.273. The number of hydrogen-bond acceptors (Lipinski definition) is 5. The van der Waals surface area contributed by atoms with Gasteiger partial charge in [0, 0.05) is 17.0 Å². The van der Waals surface area contributed by atoms with Crippen LogP contribution in [0.25, 0.3) is 27.7 Å². The largest absolute Gasteiger partial charge is 0.593 e. The van der Waals surface area contributed by atoms with Gasteiger partial charge in [-0.2, -0.15) is 3.97 Å². The molecule has 1 aliphatic heterocycles. The van der Waals surface area contributed by atoms with Gasteiger partial charge in [0.2, 0.25) is 0 Å². The first-order valence-corrected chi connectivity index (χ1v) is 11.8. The Morgan fingerprint density at radius 1 is 1.22 bits per heavy atom. The van der Waals surface area contributed by atoms with Gasteiger partial charge < -0.3 is 14.6 Å². The molecule has 4 aromatic rings. The van der Waals surface area contributed by atoms with Crippen LogP contribution in [0.2, 0.25) is 5.02 Å². The number of halogens is 2. The summed E-state index contributed by atoms with van der Waals surface area (Å²) in [6, 6.07) is 6.39. The minimum atomic E-state index is -1.33. The fourth-order valence-corrected chi connectivity index (χ4v) is 5.30. The van der Waals surface area contributed by atoms with Gasteiger partial charge in [0.15, 0.2) is 11.6 Å². The molecule has 0 bridgehead atoms. The van der Waals surface area contributed by atoms with Gasteiger partial charge in [-0.15, -0.1) is 10.2 Å². The summed E-state index contributed by atoms with van der Waals surface area (Å²) < 4.78 is 36.2. The second kappa shape index (κ2) is 7.13. The van der Waals surface area contributed by atoms with Crippen LogP contribution in [-0.2, 0) is 16.9 Å². The van der Waals surface area contributed by atoms with Crippen molar-refractivity contribution >= 4 is 39.6 Å². The molecular formula is C22H21ClFN5O2S. The molecule has 10 heteroatoms. The molecule has 1 unspecified atom stereocenters. The molecule has 0 amide bonds. The lowest BCUT2D eigenvalue weighted by Crippen LogP contribution is -2.36. The minimum Gasteiger partial charge on any atom is -0.593 e. The van der Waals surface area contributed by atoms with Crippen LogP contribution in [-0.4, -0.2) is 36.7 Å². The lowest BCUT2D eigenvalue weighted by atomic mass is 9.95. The Balaban J connectivity index is 1.87. The summed E-state index contributed by atoms with van der Waals surface area (Å²) in [5.74, 6) is 1.45. The zero-order valence-electron chi connectivity index (χ0n) is 18.2. The monoisotopic (exact) mass is 473 g/mol. The topological polar surface area (TPSA) is 80.0 Å². The normalized spacial score (nSPS) is 15.2. The number of fused-ring (bicyclic) bond motifs is 4. The van der Waals surface area contributed by atoms with Crippen molar-refractivity contribution in [3.05, 3.63) is 53.0 Å². The highest BCUT2D eigenvalue weighted by Crippen LogP contribution is 2.50. The van der Waals surface area contributed by atoms with Crippen LogP contribution in [0.1, 0.15) is 25.5 Å². The average molecular weight is 474 g/mol. The first-order chi connectivity index (χ1) is 15.1. The number of anilines is 1. The van der Waals surface area contributed by atoms with Crippen molar-refractivity contribution in [1.29, 1.82) is 0 Å². The Morgan fingerprint density at radius 3 is 2.66 bits per heavy atom. The summed E-state index contributed by atoms with van der Waals surface area (Å²) in [4.78, 5) is 0. The van der Waals surface area contributed by atoms with E-state index in [0.717, 1.165) is 5.39 Å². The van der Waals surface area contributed by atoms with E-state index in [0.29, 0.717) is 50.4 Å². The zero-order valence-corrected chi connectivity index (χ0v) is 19.7. The third-order valence-electron chi connectivity index (χ3n) is 5.76. The molecule has 166 valence electrons. The predicted octanol–water partition coefficient (Wildman–Crippen LogP) is 4.80. The van der Waals surface area contributed by atoms with Gasteiger partial charge in [0.1, 0.15) is 29.1 Å². The number of benzene rings is 2. The molecule has 0 saturated carbocycles. The Hall–Kier alpha value is -2.75. The van der Waals surface area contributed by atoms with Crippen molar-refractivity contribution < 1.29 is 13.7 Å². The highest BCUT2D eigenvalue weighted by Gasteiger charge is 2.38. The van der Waals surface area contributed by atoms with E-state index in [9.17, 15) is 8.94 Å². The molecule has 5 rings (SSSR count). The van der Waals surface area contributed by atoms with Crippen LogP contribution in [0.3, 0.4) is 0 Å². The van der Waals surface area contributed by atoms with Gasteiger partial charge in [-0.3, -0.25) is 4.57 Å². The molecule has 32 heavy (non-hydrogen) atoms. The van der Waals surface area contributed by atoms with Gasteiger partial charge >= 0.3 is 0 Å². The molecule has 1 aliphatic rings. The summed E-state index contributed by atoms with van der Waals surface area (Å²) >= 11 is 5.43. The van der Waals surface area contributed by atoms with Gasteiger partial charge in [-0.05, 0) is 44.5 Å². The first kappa shape index (κ1) is 21.1. The molecule has 0 fully saturated rings. The smallest absolute Gasteiger partial charge is 0.162 e. The molecule has 0 saturated heterocycles. The van der Waals surface area contributed by atoms with E-state index in [1.165, 1.54) is 16.1 Å². The van der Waals surface area contributed by atoms with Crippen LogP contribution >= 0.6 is 11.6 Å². The third kappa shape index (κ3) is 2.92. The number of nitrogens with zero attached hydrogens (tertiary/aromatic N) is 4. The lowest BCUT2D eigenvalue weighted by molar-refractivity contribution is 0.411. The highest BCUT2D eigenvalue weighted by atomic mass is 35.5. The first-order valence-electron chi connectivity index (χ1n) is 9.90. The molecular weight excluding hydrogens is 453 g/mol. The number of aryl methyl sites for hydroxylation is 1. The Bertz CT molecular complexity index is 1400. The second-order valence-electron chi connectivity index (χ2n) is 8.27. The average Bonchev–Trinajstić information content (AvgIpc) is 3.32. The molecule has 7 nitrogen and oxygen atoms in total. The molecule has 1 atom stereocenters. The van der Waals surface area contributed by atoms with Crippen LogP contribution in [0, 0.1) is 12.7 Å². The third-order valence-corrected chi connectivity index (χ3v) is 6.93. The van der Waals surface area contributed by atoms with Gasteiger partial charge in [-0.1, -0.05) is 11.6 Å². The van der Waals surface area contributed by atoms with Gasteiger partial charge in [-0.25, -0.2) is 4.39 Å². The van der Waals surface area contributed by atoms with Gasteiger partial charge in [0.25, 0.3) is 0 Å². The zero-order chi connectivity index (χ0) is 22.9. The standard InChI is InChI=1S/C22H21ClFN5O2S/c1-11-26-27-21-22(2,3)25-18-16(23)10-15(20(31-4)19(18)29(11)21)14-8-12(24)9-17-13(14)6-7-28(17)32(5)30/h6-10,25H,1-5H3. The fourth-order valence-electron chi connectivity index (χ4n) is 4.39. The van der Waals surface area contributed by atoms with Gasteiger partial charge in [0.05, 0.1) is 40.9 Å². The van der Waals surface area contributed by atoms with E-state index >= 15 is 0 Å². The lowest BCUT2D eigenvalue weighted by Gasteiger charge is -2.35. The maximum absolute atomic E-state index is 14.7. The van der Waals surface area contributed by atoms with Crippen LogP contribution < -0.4 is 10.1 Å². The van der Waals surface area contributed by atoms with Crippen molar-refractivity contribution in [2.24, 2.45) is 0 Å². The summed E-state index contributed by atoms with van der Waals surface area (Å²) in [6.07, 6.45) is 3.23. The predicted molar refractivity (Wildman–Crippen MR) is 125 cm³/mol. The Morgan fingerprint density at radius 2 is 1.97 bits per heavy atom. The van der Waals surface area contributed by atoms with E-state index in [1.807, 2.05) is 31.4 Å². The summed E-state index contributed by atoms with van der Waals surface area (Å²) in [5, 5.41) is 13.3. The number of nitrogens with one attached hydrogen (secondary N) is 1. The number of hydrogen-bond donors (Lipinski definition) is 1. The SMILES string of the molecule is COc1c(-c2cc(F)cc3c2ccn3[S+](C)[O-])cc(Cl)c2c1-n1c(C)nnc1C(C)(C)N2. The second-order valence-corrected chi connectivity index (χ2v) is 9.92. The van der Waals surface area contributed by atoms with Crippen LogP contribution in [0.5, 0.6) is 5.75 Å². The van der Waals surface area contributed by atoms with E-state index in [2.05, 4.69) is 15.5 Å². The van der Waals surface area contributed by atoms with Crippen molar-refractivity contribution in [3.63, 3.8) is 0 Å². The van der Waals surface area contributed by atoms with Crippen molar-refractivity contribution in [1.82, 2.24) is 18.7 Å². The maximum Gasteiger partial charge on any atom is 0.162 e. The quantitative estimate of drug-likeness (QED) is 0.432. The molecule has 2 aromatic heterocycles. The summed E-state index contributed by atoms with van der Waals surface area (Å²) in [7, 11) is 1.56. The Labute approximate surface area is 192 Å². The van der Waals surface area contributed by atoms with E-state index in [4.69, 9.17) is 16.3 Å². The molecule has 0 radical (unpaired) electrons. The molecule has 2 aromatic carbocycles. The van der Waals surface area contributed by atoms with E-state index < -0.39 is 22.7 Å². The van der Waals surface area contributed by atoms with E-state index in [1.54, 1.807) is 25.6 Å². The molecule has 0 aliphatic carbocycles. The number of aromatic nitrogens is 4. The molecule has 1 N–H and O–H groups in total. The number of rotatable bonds is 3. The van der Waals surface area contributed by atoms with Crippen LogP contribution in [0.15, 0.2) is 30.5 Å². The van der Waals surface area contributed by atoms with Crippen LogP contribution in [0.4, 0.5) is 10.1 Å². The minimum absolute atomic E-state index is 0.450. The van der Waals surface area contributed by atoms with Crippen molar-refractivity contribution in [2.45, 2.75) is 26.3 Å². The van der Waals surface area contributed by atoms with Crippen molar-refractivity contribution in [2.75, 3.05) is 18.7 Å². The Kier molecular flexibility index (Phi) is 4.70. The molecule has 0 spiro atoms.